The Kier molecular flexibility index (Phi) is 4.97. The zero-order valence-electron chi connectivity index (χ0n) is 10.7. The van der Waals surface area contributed by atoms with Crippen LogP contribution in [-0.2, 0) is 5.75 Å². The molecule has 2 rings (SSSR count). The highest BCUT2D eigenvalue weighted by molar-refractivity contribution is 7.98. The third-order valence-electron chi connectivity index (χ3n) is 2.85. The van der Waals surface area contributed by atoms with E-state index in [0.717, 1.165) is 16.0 Å². The van der Waals surface area contributed by atoms with E-state index in [1.807, 2.05) is 18.2 Å². The standard InChI is InChI=1S/C15H12Cl2O2S/c1-9-2-5-12(7-13(9)15(18)19)20-8-10-3-4-11(16)6-14(10)17/h2-7H,8H2,1H3,(H,18,19). The SMILES string of the molecule is Cc1ccc(SCc2ccc(Cl)cc2Cl)cc1C(=O)O. The van der Waals surface area contributed by atoms with Gasteiger partial charge in [-0.25, -0.2) is 4.79 Å². The Morgan fingerprint density at radius 3 is 2.60 bits per heavy atom. The molecule has 2 nitrogen and oxygen atoms in total. The summed E-state index contributed by atoms with van der Waals surface area (Å²) in [5, 5.41) is 10.3. The van der Waals surface area contributed by atoms with Gasteiger partial charge in [0.25, 0.3) is 0 Å². The molecule has 2 aromatic carbocycles. The van der Waals surface area contributed by atoms with Gasteiger partial charge in [-0.2, -0.15) is 0 Å². The van der Waals surface area contributed by atoms with Gasteiger partial charge < -0.3 is 5.11 Å². The molecule has 2 aromatic rings. The fourth-order valence-corrected chi connectivity index (χ4v) is 3.22. The molecule has 0 aliphatic rings. The van der Waals surface area contributed by atoms with Gasteiger partial charge in [-0.1, -0.05) is 35.3 Å². The first kappa shape index (κ1) is 15.2. The molecule has 0 unspecified atom stereocenters. The second kappa shape index (κ2) is 6.53. The maximum absolute atomic E-state index is 11.1. The molecule has 0 atom stereocenters. The third-order valence-corrected chi connectivity index (χ3v) is 4.48. The molecule has 0 amide bonds. The van der Waals surface area contributed by atoms with E-state index in [1.165, 1.54) is 0 Å². The highest BCUT2D eigenvalue weighted by atomic mass is 35.5. The van der Waals surface area contributed by atoms with Crippen LogP contribution in [0.3, 0.4) is 0 Å². The van der Waals surface area contributed by atoms with Gasteiger partial charge in [0, 0.05) is 20.7 Å². The summed E-state index contributed by atoms with van der Waals surface area (Å²) in [7, 11) is 0. The van der Waals surface area contributed by atoms with Crippen LogP contribution < -0.4 is 0 Å². The van der Waals surface area contributed by atoms with Crippen molar-refractivity contribution < 1.29 is 9.90 Å². The van der Waals surface area contributed by atoms with E-state index in [4.69, 9.17) is 28.3 Å². The summed E-state index contributed by atoms with van der Waals surface area (Å²) >= 11 is 13.5. The van der Waals surface area contributed by atoms with Gasteiger partial charge >= 0.3 is 5.97 Å². The summed E-state index contributed by atoms with van der Waals surface area (Å²) in [6.45, 7) is 1.79. The number of carbonyl (C=O) groups is 1. The van der Waals surface area contributed by atoms with Crippen LogP contribution in [0, 0.1) is 6.92 Å². The molecule has 20 heavy (non-hydrogen) atoms. The summed E-state index contributed by atoms with van der Waals surface area (Å²) in [6, 6.07) is 10.8. The summed E-state index contributed by atoms with van der Waals surface area (Å²) in [5.41, 5.74) is 2.06. The monoisotopic (exact) mass is 326 g/mol. The molecule has 0 radical (unpaired) electrons. The Bertz CT molecular complexity index is 656. The van der Waals surface area contributed by atoms with Crippen molar-refractivity contribution in [2.24, 2.45) is 0 Å². The Hall–Kier alpha value is -1.16. The predicted molar refractivity (Wildman–Crippen MR) is 84.2 cm³/mol. The van der Waals surface area contributed by atoms with Gasteiger partial charge in [-0.05, 0) is 42.3 Å². The number of benzene rings is 2. The van der Waals surface area contributed by atoms with Crippen molar-refractivity contribution in [3.63, 3.8) is 0 Å². The molecule has 0 aromatic heterocycles. The topological polar surface area (TPSA) is 37.3 Å². The molecule has 0 heterocycles. The first-order valence-electron chi connectivity index (χ1n) is 5.88. The predicted octanol–water partition coefficient (Wildman–Crippen LogP) is 5.29. The average Bonchev–Trinajstić information content (AvgIpc) is 2.39. The molecule has 0 saturated carbocycles. The Balaban J connectivity index is 2.15. The van der Waals surface area contributed by atoms with E-state index >= 15 is 0 Å². The Labute approximate surface area is 131 Å². The van der Waals surface area contributed by atoms with E-state index in [9.17, 15) is 4.79 Å². The van der Waals surface area contributed by atoms with Gasteiger partial charge in [0.15, 0.2) is 0 Å². The lowest BCUT2D eigenvalue weighted by atomic mass is 10.1. The minimum Gasteiger partial charge on any atom is -0.478 e. The quantitative estimate of drug-likeness (QED) is 0.775. The van der Waals surface area contributed by atoms with Gasteiger partial charge in [0.05, 0.1) is 5.56 Å². The molecule has 5 heteroatoms. The van der Waals surface area contributed by atoms with Crippen LogP contribution in [0.2, 0.25) is 10.0 Å². The number of aryl methyl sites for hydroxylation is 1. The number of aromatic carboxylic acids is 1. The van der Waals surface area contributed by atoms with E-state index in [-0.39, 0.29) is 0 Å². The van der Waals surface area contributed by atoms with Crippen LogP contribution in [0.5, 0.6) is 0 Å². The van der Waals surface area contributed by atoms with Crippen molar-refractivity contribution in [2.45, 2.75) is 17.6 Å². The fourth-order valence-electron chi connectivity index (χ4n) is 1.72. The molecule has 0 fully saturated rings. The average molecular weight is 327 g/mol. The molecule has 0 aliphatic heterocycles. The number of halogens is 2. The number of hydrogen-bond acceptors (Lipinski definition) is 2. The summed E-state index contributed by atoms with van der Waals surface area (Å²) in [5.74, 6) is -0.243. The summed E-state index contributed by atoms with van der Waals surface area (Å²) in [4.78, 5) is 12.0. The second-order valence-electron chi connectivity index (χ2n) is 4.31. The fraction of sp³-hybridized carbons (Fsp3) is 0.133. The molecule has 0 spiro atoms. The van der Waals surface area contributed by atoms with Crippen LogP contribution >= 0.6 is 35.0 Å². The van der Waals surface area contributed by atoms with Gasteiger partial charge in [-0.3, -0.25) is 0 Å². The van der Waals surface area contributed by atoms with Crippen molar-refractivity contribution in [2.75, 3.05) is 0 Å². The van der Waals surface area contributed by atoms with Crippen molar-refractivity contribution in [1.82, 2.24) is 0 Å². The highest BCUT2D eigenvalue weighted by Crippen LogP contribution is 2.29. The first-order chi connectivity index (χ1) is 9.47. The van der Waals surface area contributed by atoms with Gasteiger partial charge in [-0.15, -0.1) is 11.8 Å². The first-order valence-corrected chi connectivity index (χ1v) is 7.62. The molecule has 0 aliphatic carbocycles. The van der Waals surface area contributed by atoms with E-state index < -0.39 is 5.97 Å². The third kappa shape index (κ3) is 3.69. The normalized spacial score (nSPS) is 10.6. The van der Waals surface area contributed by atoms with Crippen molar-refractivity contribution in [3.8, 4) is 0 Å². The minimum absolute atomic E-state index is 0.331. The maximum Gasteiger partial charge on any atom is 0.335 e. The number of carboxylic acid groups (broad SMARTS) is 1. The largest absolute Gasteiger partial charge is 0.478 e. The molecular weight excluding hydrogens is 315 g/mol. The van der Waals surface area contributed by atoms with Crippen LogP contribution in [0.15, 0.2) is 41.3 Å². The number of carboxylic acids is 1. The van der Waals surface area contributed by atoms with Crippen LogP contribution in [0.4, 0.5) is 0 Å². The zero-order valence-corrected chi connectivity index (χ0v) is 13.0. The van der Waals surface area contributed by atoms with E-state index in [1.54, 1.807) is 36.9 Å². The number of rotatable bonds is 4. The number of hydrogen-bond donors (Lipinski definition) is 1. The molecule has 1 N–H and O–H groups in total. The lowest BCUT2D eigenvalue weighted by molar-refractivity contribution is 0.0696. The van der Waals surface area contributed by atoms with E-state index in [0.29, 0.717) is 21.4 Å². The van der Waals surface area contributed by atoms with Crippen LogP contribution in [0.25, 0.3) is 0 Å². The minimum atomic E-state index is -0.908. The van der Waals surface area contributed by atoms with Crippen molar-refractivity contribution in [3.05, 3.63) is 63.1 Å². The lowest BCUT2D eigenvalue weighted by Gasteiger charge is -2.07. The Morgan fingerprint density at radius 2 is 1.95 bits per heavy atom. The summed E-state index contributed by atoms with van der Waals surface area (Å²) < 4.78 is 0. The lowest BCUT2D eigenvalue weighted by Crippen LogP contribution is -1.99. The van der Waals surface area contributed by atoms with Crippen LogP contribution in [0.1, 0.15) is 21.5 Å². The van der Waals surface area contributed by atoms with E-state index in [2.05, 4.69) is 0 Å². The van der Waals surface area contributed by atoms with Crippen molar-refractivity contribution in [1.29, 1.82) is 0 Å². The smallest absolute Gasteiger partial charge is 0.335 e. The van der Waals surface area contributed by atoms with Crippen LogP contribution in [-0.4, -0.2) is 11.1 Å². The summed E-state index contributed by atoms with van der Waals surface area (Å²) in [6.07, 6.45) is 0. The molecular formula is C15H12Cl2O2S. The second-order valence-corrected chi connectivity index (χ2v) is 6.20. The van der Waals surface area contributed by atoms with Crippen molar-refractivity contribution >= 4 is 40.9 Å². The molecule has 0 saturated heterocycles. The maximum atomic E-state index is 11.1. The van der Waals surface area contributed by atoms with Gasteiger partial charge in [0.1, 0.15) is 0 Å². The highest BCUT2D eigenvalue weighted by Gasteiger charge is 2.09. The molecule has 104 valence electrons. The number of thioether (sulfide) groups is 1. The zero-order chi connectivity index (χ0) is 14.7. The Morgan fingerprint density at radius 1 is 1.20 bits per heavy atom. The molecule has 0 bridgehead atoms. The van der Waals surface area contributed by atoms with Gasteiger partial charge in [0.2, 0.25) is 0 Å².